The van der Waals surface area contributed by atoms with Gasteiger partial charge in [0.2, 0.25) is 0 Å². The molecular formula is C15H16N4. The molecular weight excluding hydrogens is 236 g/mol. The van der Waals surface area contributed by atoms with Crippen molar-refractivity contribution in [3.8, 4) is 0 Å². The summed E-state index contributed by atoms with van der Waals surface area (Å²) in [6.07, 6.45) is 5.54. The second-order valence-electron chi connectivity index (χ2n) is 4.74. The lowest BCUT2D eigenvalue weighted by atomic mass is 9.97. The number of aromatic nitrogens is 3. The molecule has 2 heterocycles. The van der Waals surface area contributed by atoms with Crippen molar-refractivity contribution in [1.29, 1.82) is 0 Å². The number of pyridine rings is 1. The van der Waals surface area contributed by atoms with E-state index >= 15 is 0 Å². The maximum absolute atomic E-state index is 6.40. The number of hydrogen-bond donors (Lipinski definition) is 1. The summed E-state index contributed by atoms with van der Waals surface area (Å²) < 4.78 is 1.84. The molecule has 3 rings (SSSR count). The van der Waals surface area contributed by atoms with E-state index in [2.05, 4.69) is 22.2 Å². The van der Waals surface area contributed by atoms with Gasteiger partial charge in [0.25, 0.3) is 0 Å². The summed E-state index contributed by atoms with van der Waals surface area (Å²) in [6, 6.07) is 7.96. The molecule has 4 heteroatoms. The van der Waals surface area contributed by atoms with Gasteiger partial charge in [-0.1, -0.05) is 24.3 Å². The van der Waals surface area contributed by atoms with E-state index in [9.17, 15) is 0 Å². The Kier molecular flexibility index (Phi) is 2.80. The van der Waals surface area contributed by atoms with E-state index < -0.39 is 0 Å². The lowest BCUT2D eigenvalue weighted by molar-refractivity contribution is 0.734. The normalized spacial score (nSPS) is 12.8. The van der Waals surface area contributed by atoms with E-state index in [0.29, 0.717) is 0 Å². The smallest absolute Gasteiger partial charge is 0.0607 e. The maximum atomic E-state index is 6.40. The lowest BCUT2D eigenvalue weighted by Crippen LogP contribution is -2.13. The molecule has 2 aromatic heterocycles. The Morgan fingerprint density at radius 2 is 1.89 bits per heavy atom. The SMILES string of the molecule is Cc1c(C(N)c2cncc3ccccc23)cnn1C. The van der Waals surface area contributed by atoms with Gasteiger partial charge in [-0.3, -0.25) is 9.67 Å². The van der Waals surface area contributed by atoms with E-state index in [0.717, 1.165) is 27.6 Å². The number of benzene rings is 1. The van der Waals surface area contributed by atoms with Crippen molar-refractivity contribution in [3.63, 3.8) is 0 Å². The summed E-state index contributed by atoms with van der Waals surface area (Å²) in [7, 11) is 1.92. The third kappa shape index (κ3) is 1.90. The molecule has 96 valence electrons. The van der Waals surface area contributed by atoms with Gasteiger partial charge in [0.05, 0.1) is 12.2 Å². The second kappa shape index (κ2) is 4.48. The molecule has 0 aliphatic heterocycles. The van der Waals surface area contributed by atoms with Crippen molar-refractivity contribution in [2.24, 2.45) is 12.8 Å². The van der Waals surface area contributed by atoms with Crippen LogP contribution in [0.2, 0.25) is 0 Å². The van der Waals surface area contributed by atoms with E-state index in [1.807, 2.05) is 49.4 Å². The van der Waals surface area contributed by atoms with Crippen molar-refractivity contribution in [3.05, 3.63) is 59.7 Å². The fourth-order valence-corrected chi connectivity index (χ4v) is 2.38. The first kappa shape index (κ1) is 11.9. The van der Waals surface area contributed by atoms with Crippen molar-refractivity contribution in [2.45, 2.75) is 13.0 Å². The lowest BCUT2D eigenvalue weighted by Gasteiger charge is -2.14. The molecule has 0 saturated heterocycles. The van der Waals surface area contributed by atoms with Gasteiger partial charge >= 0.3 is 0 Å². The predicted molar refractivity (Wildman–Crippen MR) is 75.7 cm³/mol. The summed E-state index contributed by atoms with van der Waals surface area (Å²) in [5.74, 6) is 0. The molecule has 0 amide bonds. The number of fused-ring (bicyclic) bond motifs is 1. The summed E-state index contributed by atoms with van der Waals surface area (Å²) in [4.78, 5) is 4.29. The largest absolute Gasteiger partial charge is 0.320 e. The van der Waals surface area contributed by atoms with Crippen LogP contribution in [-0.2, 0) is 7.05 Å². The average molecular weight is 252 g/mol. The van der Waals surface area contributed by atoms with Crippen LogP contribution in [0.15, 0.2) is 42.9 Å². The number of nitrogens with zero attached hydrogens (tertiary/aromatic N) is 3. The molecule has 0 fully saturated rings. The molecule has 4 nitrogen and oxygen atoms in total. The molecule has 1 aromatic carbocycles. The second-order valence-corrected chi connectivity index (χ2v) is 4.74. The van der Waals surface area contributed by atoms with Crippen LogP contribution in [0, 0.1) is 6.92 Å². The van der Waals surface area contributed by atoms with E-state index in [-0.39, 0.29) is 6.04 Å². The Morgan fingerprint density at radius 1 is 1.11 bits per heavy atom. The number of aryl methyl sites for hydroxylation is 1. The van der Waals surface area contributed by atoms with Crippen LogP contribution in [0.25, 0.3) is 10.8 Å². The van der Waals surface area contributed by atoms with E-state index in [1.54, 1.807) is 0 Å². The molecule has 19 heavy (non-hydrogen) atoms. The highest BCUT2D eigenvalue weighted by atomic mass is 15.3. The third-order valence-corrected chi connectivity index (χ3v) is 3.64. The Hall–Kier alpha value is -2.20. The van der Waals surface area contributed by atoms with Crippen molar-refractivity contribution in [2.75, 3.05) is 0 Å². The van der Waals surface area contributed by atoms with Crippen molar-refractivity contribution < 1.29 is 0 Å². The molecule has 0 aliphatic carbocycles. The van der Waals surface area contributed by atoms with Gasteiger partial charge in [-0.15, -0.1) is 0 Å². The molecule has 0 spiro atoms. The highest BCUT2D eigenvalue weighted by Gasteiger charge is 2.16. The topological polar surface area (TPSA) is 56.7 Å². The van der Waals surface area contributed by atoms with E-state index in [1.165, 1.54) is 0 Å². The Balaban J connectivity index is 2.17. The maximum Gasteiger partial charge on any atom is 0.0607 e. The fourth-order valence-electron chi connectivity index (χ4n) is 2.38. The molecule has 1 unspecified atom stereocenters. The van der Waals surface area contributed by atoms with Gasteiger partial charge in [-0.05, 0) is 17.9 Å². The van der Waals surface area contributed by atoms with Crippen LogP contribution < -0.4 is 5.73 Å². The van der Waals surface area contributed by atoms with Crippen LogP contribution in [0.4, 0.5) is 0 Å². The van der Waals surface area contributed by atoms with Gasteiger partial charge in [-0.2, -0.15) is 5.10 Å². The van der Waals surface area contributed by atoms with Gasteiger partial charge in [0, 0.05) is 36.1 Å². The Labute approximate surface area is 111 Å². The zero-order valence-electron chi connectivity index (χ0n) is 11.0. The number of hydrogen-bond acceptors (Lipinski definition) is 3. The van der Waals surface area contributed by atoms with Crippen molar-refractivity contribution in [1.82, 2.24) is 14.8 Å². The molecule has 2 N–H and O–H groups in total. The van der Waals surface area contributed by atoms with Crippen molar-refractivity contribution >= 4 is 10.8 Å². The zero-order valence-corrected chi connectivity index (χ0v) is 11.0. The molecule has 0 saturated carbocycles. The molecule has 3 aromatic rings. The van der Waals surface area contributed by atoms with Crippen LogP contribution in [0.5, 0.6) is 0 Å². The Bertz CT molecular complexity index is 725. The Morgan fingerprint density at radius 3 is 2.63 bits per heavy atom. The fraction of sp³-hybridized carbons (Fsp3) is 0.200. The minimum absolute atomic E-state index is 0.202. The standard InChI is InChI=1S/C15H16N4/c1-10-13(9-18-19(10)2)15(16)14-8-17-7-11-5-3-4-6-12(11)14/h3-9,15H,16H2,1-2H3. The van der Waals surface area contributed by atoms with Crippen LogP contribution in [0.3, 0.4) is 0 Å². The molecule has 1 atom stereocenters. The minimum atomic E-state index is -0.202. The van der Waals surface area contributed by atoms with Gasteiger partial charge in [0.1, 0.15) is 0 Å². The van der Waals surface area contributed by atoms with Crippen LogP contribution >= 0.6 is 0 Å². The van der Waals surface area contributed by atoms with Crippen LogP contribution in [-0.4, -0.2) is 14.8 Å². The summed E-state index contributed by atoms with van der Waals surface area (Å²) in [5, 5.41) is 6.51. The third-order valence-electron chi connectivity index (χ3n) is 3.64. The van der Waals surface area contributed by atoms with Gasteiger partial charge < -0.3 is 5.73 Å². The predicted octanol–water partition coefficient (Wildman–Crippen LogP) is 2.32. The highest BCUT2D eigenvalue weighted by molar-refractivity contribution is 5.85. The van der Waals surface area contributed by atoms with Crippen LogP contribution in [0.1, 0.15) is 22.9 Å². The summed E-state index contributed by atoms with van der Waals surface area (Å²) in [6.45, 7) is 2.03. The monoisotopic (exact) mass is 252 g/mol. The summed E-state index contributed by atoms with van der Waals surface area (Å²) >= 11 is 0. The minimum Gasteiger partial charge on any atom is -0.320 e. The number of nitrogens with two attached hydrogens (primary N) is 1. The first-order chi connectivity index (χ1) is 9.18. The van der Waals surface area contributed by atoms with E-state index in [4.69, 9.17) is 5.73 Å². The van der Waals surface area contributed by atoms with Gasteiger partial charge in [-0.25, -0.2) is 0 Å². The zero-order chi connectivity index (χ0) is 13.4. The summed E-state index contributed by atoms with van der Waals surface area (Å²) in [5.41, 5.74) is 9.57. The van der Waals surface area contributed by atoms with Gasteiger partial charge in [0.15, 0.2) is 0 Å². The first-order valence-corrected chi connectivity index (χ1v) is 6.25. The molecule has 0 bridgehead atoms. The molecule has 0 radical (unpaired) electrons. The number of rotatable bonds is 2. The highest BCUT2D eigenvalue weighted by Crippen LogP contribution is 2.27. The average Bonchev–Trinajstić information content (AvgIpc) is 2.78. The molecule has 0 aliphatic rings. The first-order valence-electron chi connectivity index (χ1n) is 6.25. The quantitative estimate of drug-likeness (QED) is 0.761.